The van der Waals surface area contributed by atoms with Gasteiger partial charge in [0.15, 0.2) is 0 Å². The van der Waals surface area contributed by atoms with Crippen LogP contribution in [0.15, 0.2) is 12.1 Å². The summed E-state index contributed by atoms with van der Waals surface area (Å²) in [6.07, 6.45) is 0.841. The second-order valence-electron chi connectivity index (χ2n) is 3.75. The van der Waals surface area contributed by atoms with Crippen molar-refractivity contribution in [3.8, 4) is 5.75 Å². The number of thiophene rings is 1. The SMILES string of the molecule is CCOc1c(CC)sc2ccc(C(=O)O)c(Cl)c12.Cl. The Balaban J connectivity index is 0.00000180. The van der Waals surface area contributed by atoms with Crippen molar-refractivity contribution in [2.75, 3.05) is 6.61 Å². The molecule has 0 fully saturated rings. The lowest BCUT2D eigenvalue weighted by molar-refractivity contribution is 0.0697. The molecule has 0 aliphatic rings. The highest BCUT2D eigenvalue weighted by Gasteiger charge is 2.19. The van der Waals surface area contributed by atoms with Crippen LogP contribution in [0.1, 0.15) is 29.1 Å². The highest BCUT2D eigenvalue weighted by atomic mass is 35.5. The summed E-state index contributed by atoms with van der Waals surface area (Å²) in [4.78, 5) is 12.2. The van der Waals surface area contributed by atoms with Crippen LogP contribution >= 0.6 is 35.3 Å². The lowest BCUT2D eigenvalue weighted by Crippen LogP contribution is -1.98. The Morgan fingerprint density at radius 3 is 2.63 bits per heavy atom. The zero-order valence-corrected chi connectivity index (χ0v) is 12.9. The minimum atomic E-state index is -1.02. The molecule has 104 valence electrons. The summed E-state index contributed by atoms with van der Waals surface area (Å²) in [5.74, 6) is -0.290. The van der Waals surface area contributed by atoms with E-state index in [-0.39, 0.29) is 23.0 Å². The smallest absolute Gasteiger partial charge is 0.337 e. The zero-order valence-electron chi connectivity index (χ0n) is 10.5. The number of rotatable bonds is 4. The Hall–Kier alpha value is -0.970. The number of hydrogen-bond acceptors (Lipinski definition) is 3. The van der Waals surface area contributed by atoms with Crippen LogP contribution in [0.4, 0.5) is 0 Å². The summed E-state index contributed by atoms with van der Waals surface area (Å²) >= 11 is 7.79. The lowest BCUT2D eigenvalue weighted by Gasteiger charge is -2.06. The highest BCUT2D eigenvalue weighted by Crippen LogP contribution is 2.43. The van der Waals surface area contributed by atoms with Crippen molar-refractivity contribution < 1.29 is 14.6 Å². The molecule has 0 amide bonds. The maximum absolute atomic E-state index is 11.1. The fourth-order valence-electron chi connectivity index (χ4n) is 1.87. The van der Waals surface area contributed by atoms with E-state index in [1.54, 1.807) is 23.5 Å². The summed E-state index contributed by atoms with van der Waals surface area (Å²) in [7, 11) is 0. The van der Waals surface area contributed by atoms with Crippen molar-refractivity contribution in [1.82, 2.24) is 0 Å². The van der Waals surface area contributed by atoms with Crippen molar-refractivity contribution in [2.45, 2.75) is 20.3 Å². The van der Waals surface area contributed by atoms with E-state index in [9.17, 15) is 4.79 Å². The summed E-state index contributed by atoms with van der Waals surface area (Å²) < 4.78 is 6.59. The average molecular weight is 321 g/mol. The van der Waals surface area contributed by atoms with E-state index in [0.29, 0.717) is 6.61 Å². The molecule has 19 heavy (non-hydrogen) atoms. The van der Waals surface area contributed by atoms with Crippen LogP contribution in [0.5, 0.6) is 5.75 Å². The van der Waals surface area contributed by atoms with E-state index < -0.39 is 5.97 Å². The number of fused-ring (bicyclic) bond motifs is 1. The molecule has 2 aromatic rings. The van der Waals surface area contributed by atoms with Gasteiger partial charge < -0.3 is 9.84 Å². The Kier molecular flexibility index (Phi) is 5.47. The van der Waals surface area contributed by atoms with Crippen LogP contribution in [-0.2, 0) is 6.42 Å². The van der Waals surface area contributed by atoms with Crippen molar-refractivity contribution in [3.05, 3.63) is 27.6 Å². The molecule has 0 bridgehead atoms. The molecular formula is C13H14Cl2O3S. The number of carboxylic acid groups (broad SMARTS) is 1. The molecule has 0 aliphatic carbocycles. The molecule has 0 unspecified atom stereocenters. The minimum Gasteiger partial charge on any atom is -0.492 e. The number of carbonyl (C=O) groups is 1. The van der Waals surface area contributed by atoms with E-state index in [0.717, 1.165) is 27.1 Å². The van der Waals surface area contributed by atoms with Crippen molar-refractivity contribution >= 4 is 51.4 Å². The van der Waals surface area contributed by atoms with Gasteiger partial charge in [-0.25, -0.2) is 4.79 Å². The van der Waals surface area contributed by atoms with Crippen molar-refractivity contribution in [3.63, 3.8) is 0 Å². The Morgan fingerprint density at radius 2 is 2.11 bits per heavy atom. The molecule has 1 N–H and O–H groups in total. The monoisotopic (exact) mass is 320 g/mol. The van der Waals surface area contributed by atoms with Gasteiger partial charge in [-0.05, 0) is 25.5 Å². The molecule has 1 aromatic heterocycles. The molecule has 1 aromatic carbocycles. The van der Waals surface area contributed by atoms with Gasteiger partial charge in [0.05, 0.1) is 22.6 Å². The van der Waals surface area contributed by atoms with Crippen LogP contribution < -0.4 is 4.74 Å². The fraction of sp³-hybridized carbons (Fsp3) is 0.308. The average Bonchev–Trinajstić information content (AvgIpc) is 2.68. The molecule has 1 heterocycles. The van der Waals surface area contributed by atoms with E-state index >= 15 is 0 Å². The minimum absolute atomic E-state index is 0. The van der Waals surface area contributed by atoms with E-state index in [2.05, 4.69) is 0 Å². The molecular weight excluding hydrogens is 307 g/mol. The van der Waals surface area contributed by atoms with Crippen LogP contribution in [0.2, 0.25) is 5.02 Å². The van der Waals surface area contributed by atoms with Gasteiger partial charge in [-0.2, -0.15) is 0 Å². The number of aryl methyl sites for hydroxylation is 1. The molecule has 0 radical (unpaired) electrons. The first-order valence-electron chi connectivity index (χ1n) is 5.70. The van der Waals surface area contributed by atoms with Gasteiger partial charge in [0, 0.05) is 9.58 Å². The maximum Gasteiger partial charge on any atom is 0.337 e. The predicted molar refractivity (Wildman–Crippen MR) is 81.6 cm³/mol. The van der Waals surface area contributed by atoms with Crippen LogP contribution in [0, 0.1) is 0 Å². The molecule has 3 nitrogen and oxygen atoms in total. The Bertz CT molecular complexity index is 607. The number of benzene rings is 1. The second kappa shape index (κ2) is 6.46. The molecule has 0 aliphatic heterocycles. The number of aromatic carboxylic acids is 1. The Labute approximate surface area is 126 Å². The van der Waals surface area contributed by atoms with Crippen molar-refractivity contribution in [1.29, 1.82) is 0 Å². The second-order valence-corrected chi connectivity index (χ2v) is 5.26. The molecule has 2 rings (SSSR count). The first-order chi connectivity index (χ1) is 8.60. The van der Waals surface area contributed by atoms with E-state index in [1.807, 2.05) is 13.8 Å². The van der Waals surface area contributed by atoms with Gasteiger partial charge in [-0.15, -0.1) is 23.7 Å². The van der Waals surface area contributed by atoms with Crippen LogP contribution in [-0.4, -0.2) is 17.7 Å². The first kappa shape index (κ1) is 16.1. The third-order valence-corrected chi connectivity index (χ3v) is 4.33. The molecule has 0 saturated heterocycles. The standard InChI is InChI=1S/C13H13ClO3S.ClH/c1-3-8-12(17-4-2)10-9(18-8)6-5-7(11(10)14)13(15)16;/h5-6H,3-4H2,1-2H3,(H,15,16);1H. The van der Waals surface area contributed by atoms with Gasteiger partial charge in [0.1, 0.15) is 5.75 Å². The number of halogens is 2. The summed E-state index contributed by atoms with van der Waals surface area (Å²) in [5.41, 5.74) is 0.116. The third-order valence-electron chi connectivity index (χ3n) is 2.66. The normalized spacial score (nSPS) is 10.3. The molecule has 6 heteroatoms. The lowest BCUT2D eigenvalue weighted by atomic mass is 10.1. The topological polar surface area (TPSA) is 46.5 Å². The van der Waals surface area contributed by atoms with E-state index in [4.69, 9.17) is 21.4 Å². The van der Waals surface area contributed by atoms with Gasteiger partial charge in [0.25, 0.3) is 0 Å². The van der Waals surface area contributed by atoms with Gasteiger partial charge in [0.2, 0.25) is 0 Å². The van der Waals surface area contributed by atoms with Crippen LogP contribution in [0.25, 0.3) is 10.1 Å². The number of carboxylic acids is 1. The van der Waals surface area contributed by atoms with Gasteiger partial charge >= 0.3 is 5.97 Å². The molecule has 0 spiro atoms. The number of hydrogen-bond donors (Lipinski definition) is 1. The van der Waals surface area contributed by atoms with E-state index in [1.165, 1.54) is 0 Å². The summed E-state index contributed by atoms with van der Waals surface area (Å²) in [5, 5.41) is 10.1. The van der Waals surface area contributed by atoms with Crippen LogP contribution in [0.3, 0.4) is 0 Å². The first-order valence-corrected chi connectivity index (χ1v) is 6.89. The quantitative estimate of drug-likeness (QED) is 0.892. The third kappa shape index (κ3) is 2.81. The molecule has 0 saturated carbocycles. The number of ether oxygens (including phenoxy) is 1. The maximum atomic E-state index is 11.1. The van der Waals surface area contributed by atoms with Crippen molar-refractivity contribution in [2.24, 2.45) is 0 Å². The highest BCUT2D eigenvalue weighted by molar-refractivity contribution is 7.19. The summed E-state index contributed by atoms with van der Waals surface area (Å²) in [6, 6.07) is 3.33. The molecule has 0 atom stereocenters. The summed E-state index contributed by atoms with van der Waals surface area (Å²) in [6.45, 7) is 4.48. The predicted octanol–water partition coefficient (Wildman–Crippen LogP) is 4.64. The van der Waals surface area contributed by atoms with Gasteiger partial charge in [-0.3, -0.25) is 0 Å². The fourth-order valence-corrected chi connectivity index (χ4v) is 3.35. The Morgan fingerprint density at radius 1 is 1.42 bits per heavy atom. The largest absolute Gasteiger partial charge is 0.492 e. The zero-order chi connectivity index (χ0) is 13.3. The van der Waals surface area contributed by atoms with Gasteiger partial charge in [-0.1, -0.05) is 18.5 Å².